The van der Waals surface area contributed by atoms with Crippen LogP contribution in [0.5, 0.6) is 0 Å². The lowest BCUT2D eigenvalue weighted by atomic mass is 9.59. The SMILES string of the molecule is CCN1C(=O)O[C@]2(C)CC(C)(C)c3ccccc3[C@]12C. The molecule has 1 amide bonds. The lowest BCUT2D eigenvalue weighted by molar-refractivity contribution is -0.0286. The van der Waals surface area contributed by atoms with E-state index in [-0.39, 0.29) is 17.0 Å². The fraction of sp³-hybridized carbons (Fsp3) is 0.588. The van der Waals surface area contributed by atoms with Crippen LogP contribution in [0.15, 0.2) is 24.3 Å². The van der Waals surface area contributed by atoms with Gasteiger partial charge in [-0.15, -0.1) is 0 Å². The number of nitrogens with zero attached hydrogens (tertiary/aromatic N) is 1. The first-order valence-corrected chi connectivity index (χ1v) is 7.37. The number of rotatable bonds is 1. The Labute approximate surface area is 120 Å². The molecule has 0 N–H and O–H groups in total. The number of fused-ring (bicyclic) bond motifs is 3. The Bertz CT molecular complexity index is 580. The second-order valence-corrected chi connectivity index (χ2v) is 7.02. The minimum atomic E-state index is -0.474. The van der Waals surface area contributed by atoms with Gasteiger partial charge in [-0.25, -0.2) is 4.79 Å². The normalized spacial score (nSPS) is 34.5. The second kappa shape index (κ2) is 3.78. The molecular formula is C17H23NO2. The first kappa shape index (κ1) is 13.5. The predicted octanol–water partition coefficient (Wildman–Crippen LogP) is 3.81. The fourth-order valence-electron chi connectivity index (χ4n) is 4.34. The van der Waals surface area contributed by atoms with Crippen molar-refractivity contribution in [1.29, 1.82) is 0 Å². The molecule has 3 heteroatoms. The van der Waals surface area contributed by atoms with E-state index in [0.29, 0.717) is 6.54 Å². The molecule has 1 saturated heterocycles. The Hall–Kier alpha value is -1.51. The summed E-state index contributed by atoms with van der Waals surface area (Å²) in [6, 6.07) is 8.49. The van der Waals surface area contributed by atoms with Gasteiger partial charge in [-0.05, 0) is 43.7 Å². The van der Waals surface area contributed by atoms with Crippen LogP contribution in [0, 0.1) is 0 Å². The molecule has 108 valence electrons. The topological polar surface area (TPSA) is 29.5 Å². The summed E-state index contributed by atoms with van der Waals surface area (Å²) in [5, 5.41) is 0. The lowest BCUT2D eigenvalue weighted by Crippen LogP contribution is -2.58. The number of carbonyl (C=O) groups excluding carboxylic acids is 1. The molecule has 3 rings (SSSR count). The minimum Gasteiger partial charge on any atom is -0.440 e. The van der Waals surface area contributed by atoms with Crippen molar-refractivity contribution < 1.29 is 9.53 Å². The van der Waals surface area contributed by atoms with Gasteiger partial charge in [0.25, 0.3) is 0 Å². The summed E-state index contributed by atoms with van der Waals surface area (Å²) in [6.45, 7) is 11.4. The van der Waals surface area contributed by atoms with Crippen LogP contribution < -0.4 is 0 Å². The molecule has 3 nitrogen and oxygen atoms in total. The van der Waals surface area contributed by atoms with Crippen molar-refractivity contribution in [3.8, 4) is 0 Å². The van der Waals surface area contributed by atoms with Gasteiger partial charge in [0, 0.05) is 6.54 Å². The third-order valence-corrected chi connectivity index (χ3v) is 5.38. The molecule has 2 atom stereocenters. The standard InChI is InChI=1S/C17H23NO2/c1-6-18-14(19)20-16(4)11-15(2,3)12-9-7-8-10-13(12)17(16,18)5/h7-10H,6,11H2,1-5H3/t16-,17+/m1/s1. The van der Waals surface area contributed by atoms with Gasteiger partial charge in [-0.3, -0.25) is 4.90 Å². The maximum atomic E-state index is 12.3. The number of hydrogen-bond donors (Lipinski definition) is 0. The second-order valence-electron chi connectivity index (χ2n) is 7.02. The Morgan fingerprint density at radius 3 is 2.35 bits per heavy atom. The molecule has 1 aromatic carbocycles. The van der Waals surface area contributed by atoms with E-state index < -0.39 is 5.60 Å². The molecule has 0 bridgehead atoms. The van der Waals surface area contributed by atoms with E-state index in [4.69, 9.17) is 4.74 Å². The van der Waals surface area contributed by atoms with Crippen LogP contribution in [-0.4, -0.2) is 23.1 Å². The molecule has 20 heavy (non-hydrogen) atoms. The molecule has 2 aliphatic rings. The highest BCUT2D eigenvalue weighted by Gasteiger charge is 2.65. The smallest absolute Gasteiger partial charge is 0.411 e. The van der Waals surface area contributed by atoms with Gasteiger partial charge in [0.1, 0.15) is 11.1 Å². The summed E-state index contributed by atoms with van der Waals surface area (Å²) in [5.41, 5.74) is 1.71. The van der Waals surface area contributed by atoms with Crippen molar-refractivity contribution >= 4 is 6.09 Å². The van der Waals surface area contributed by atoms with Crippen molar-refractivity contribution in [2.45, 2.75) is 57.6 Å². The van der Waals surface area contributed by atoms with Crippen molar-refractivity contribution in [3.63, 3.8) is 0 Å². The third kappa shape index (κ3) is 1.38. The summed E-state index contributed by atoms with van der Waals surface area (Å²) in [7, 11) is 0. The van der Waals surface area contributed by atoms with Gasteiger partial charge >= 0.3 is 6.09 Å². The Balaban J connectivity index is 2.31. The molecule has 0 aromatic heterocycles. The summed E-state index contributed by atoms with van der Waals surface area (Å²) < 4.78 is 5.84. The van der Waals surface area contributed by atoms with Crippen LogP contribution in [0.4, 0.5) is 4.79 Å². The average Bonchev–Trinajstić information content (AvgIpc) is 2.56. The largest absolute Gasteiger partial charge is 0.440 e. The van der Waals surface area contributed by atoms with Crippen molar-refractivity contribution in [3.05, 3.63) is 35.4 Å². The van der Waals surface area contributed by atoms with Crippen molar-refractivity contribution in [1.82, 2.24) is 4.90 Å². The van der Waals surface area contributed by atoms with E-state index in [1.807, 2.05) is 11.8 Å². The first-order chi connectivity index (χ1) is 9.26. The molecule has 1 fully saturated rings. The molecule has 0 spiro atoms. The zero-order valence-electron chi connectivity index (χ0n) is 13.0. The molecule has 0 radical (unpaired) electrons. The van der Waals surface area contributed by atoms with Gasteiger partial charge in [0.2, 0.25) is 0 Å². The molecule has 1 aliphatic carbocycles. The van der Waals surface area contributed by atoms with E-state index in [1.54, 1.807) is 0 Å². The van der Waals surface area contributed by atoms with E-state index in [1.165, 1.54) is 11.1 Å². The lowest BCUT2D eigenvalue weighted by Gasteiger charge is -2.51. The highest BCUT2D eigenvalue weighted by Crippen LogP contribution is 2.57. The monoisotopic (exact) mass is 273 g/mol. The quantitative estimate of drug-likeness (QED) is 0.778. The van der Waals surface area contributed by atoms with Crippen LogP contribution in [0.3, 0.4) is 0 Å². The van der Waals surface area contributed by atoms with Gasteiger partial charge in [0.15, 0.2) is 0 Å². The van der Waals surface area contributed by atoms with Crippen LogP contribution in [0.2, 0.25) is 0 Å². The minimum absolute atomic E-state index is 0.00881. The maximum absolute atomic E-state index is 12.3. The van der Waals surface area contributed by atoms with E-state index >= 15 is 0 Å². The molecule has 0 saturated carbocycles. The number of ether oxygens (including phenoxy) is 1. The first-order valence-electron chi connectivity index (χ1n) is 7.37. The highest BCUT2D eigenvalue weighted by molar-refractivity contribution is 5.74. The molecule has 1 aliphatic heterocycles. The Morgan fingerprint density at radius 1 is 1.15 bits per heavy atom. The van der Waals surface area contributed by atoms with Gasteiger partial charge in [-0.1, -0.05) is 38.1 Å². The Morgan fingerprint density at radius 2 is 1.75 bits per heavy atom. The van der Waals surface area contributed by atoms with Gasteiger partial charge < -0.3 is 4.74 Å². The average molecular weight is 273 g/mol. The van der Waals surface area contributed by atoms with Crippen LogP contribution in [0.25, 0.3) is 0 Å². The van der Waals surface area contributed by atoms with Crippen LogP contribution in [-0.2, 0) is 15.7 Å². The maximum Gasteiger partial charge on any atom is 0.411 e. The van der Waals surface area contributed by atoms with Gasteiger partial charge in [0.05, 0.1) is 0 Å². The summed E-state index contributed by atoms with van der Waals surface area (Å²) in [6.07, 6.45) is 0.653. The number of amides is 1. The van der Waals surface area contributed by atoms with Gasteiger partial charge in [-0.2, -0.15) is 0 Å². The molecular weight excluding hydrogens is 250 g/mol. The van der Waals surface area contributed by atoms with E-state index in [2.05, 4.69) is 52.0 Å². The zero-order valence-corrected chi connectivity index (χ0v) is 13.0. The van der Waals surface area contributed by atoms with E-state index in [9.17, 15) is 4.79 Å². The third-order valence-electron chi connectivity index (χ3n) is 5.38. The molecule has 1 aromatic rings. The van der Waals surface area contributed by atoms with Crippen molar-refractivity contribution in [2.75, 3.05) is 6.54 Å². The zero-order chi connectivity index (χ0) is 14.8. The number of carbonyl (C=O) groups is 1. The van der Waals surface area contributed by atoms with E-state index in [0.717, 1.165) is 6.42 Å². The Kier molecular flexibility index (Phi) is 2.54. The summed E-state index contributed by atoms with van der Waals surface area (Å²) in [5.74, 6) is 0. The molecule has 0 unspecified atom stereocenters. The molecule has 1 heterocycles. The summed E-state index contributed by atoms with van der Waals surface area (Å²) in [4.78, 5) is 14.2. The number of likely N-dealkylation sites (N-methyl/N-ethyl adjacent to an activating group) is 1. The van der Waals surface area contributed by atoms with Crippen LogP contribution in [0.1, 0.15) is 52.2 Å². The number of benzene rings is 1. The van der Waals surface area contributed by atoms with Crippen LogP contribution >= 0.6 is 0 Å². The van der Waals surface area contributed by atoms with Crippen molar-refractivity contribution in [2.24, 2.45) is 0 Å². The summed E-state index contributed by atoms with van der Waals surface area (Å²) >= 11 is 0. The predicted molar refractivity (Wildman–Crippen MR) is 78.7 cm³/mol. The number of hydrogen-bond acceptors (Lipinski definition) is 2. The highest BCUT2D eigenvalue weighted by atomic mass is 16.6. The fourth-order valence-corrected chi connectivity index (χ4v) is 4.34.